The average Bonchev–Trinajstić information content (AvgIpc) is 2.12. The van der Waals surface area contributed by atoms with Crippen LogP contribution >= 0.6 is 0 Å². The van der Waals surface area contributed by atoms with Crippen LogP contribution in [0.25, 0.3) is 0 Å². The van der Waals surface area contributed by atoms with E-state index in [0.29, 0.717) is 6.42 Å². The van der Waals surface area contributed by atoms with E-state index in [-0.39, 0.29) is 5.41 Å². The molecule has 0 radical (unpaired) electrons. The van der Waals surface area contributed by atoms with Gasteiger partial charge in [-0.05, 0) is 75.0 Å². The van der Waals surface area contributed by atoms with E-state index in [2.05, 4.69) is 0 Å². The smallest absolute Gasteiger partial charge is 0.323 e. The standard InChI is InChI=1S/C14H23NO2/c1-13(15,12(16)17)8-14-5-9-2-10(6-14)4-11(3-9)7-14/h9-11H,2-8,15H2,1H3,(H,16,17). The minimum atomic E-state index is -1.04. The average molecular weight is 237 g/mol. The van der Waals surface area contributed by atoms with Gasteiger partial charge in [0.2, 0.25) is 0 Å². The monoisotopic (exact) mass is 237 g/mol. The predicted octanol–water partition coefficient (Wildman–Crippen LogP) is 2.39. The van der Waals surface area contributed by atoms with Crippen LogP contribution in [-0.2, 0) is 4.79 Å². The van der Waals surface area contributed by atoms with E-state index >= 15 is 0 Å². The Labute approximate surface area is 103 Å². The van der Waals surface area contributed by atoms with Crippen molar-refractivity contribution in [1.29, 1.82) is 0 Å². The Morgan fingerprint density at radius 1 is 1.24 bits per heavy atom. The van der Waals surface area contributed by atoms with Crippen LogP contribution < -0.4 is 5.73 Å². The third-order valence-electron chi connectivity index (χ3n) is 5.40. The zero-order chi connectivity index (χ0) is 12.3. The Hall–Kier alpha value is -0.570. The summed E-state index contributed by atoms with van der Waals surface area (Å²) in [7, 11) is 0. The number of carboxylic acid groups (broad SMARTS) is 1. The molecule has 17 heavy (non-hydrogen) atoms. The van der Waals surface area contributed by atoms with Crippen molar-refractivity contribution in [3.8, 4) is 0 Å². The first kappa shape index (κ1) is 11.5. The highest BCUT2D eigenvalue weighted by molar-refractivity contribution is 5.77. The van der Waals surface area contributed by atoms with Crippen molar-refractivity contribution in [2.45, 2.75) is 57.4 Å². The van der Waals surface area contributed by atoms with Crippen LogP contribution in [0.2, 0.25) is 0 Å². The molecule has 1 unspecified atom stereocenters. The lowest BCUT2D eigenvalue weighted by Gasteiger charge is -2.58. The van der Waals surface area contributed by atoms with Crippen molar-refractivity contribution in [1.82, 2.24) is 0 Å². The first-order chi connectivity index (χ1) is 7.89. The number of nitrogens with two attached hydrogens (primary N) is 1. The molecule has 4 aliphatic carbocycles. The highest BCUT2D eigenvalue weighted by Gasteiger charge is 2.53. The molecule has 0 saturated heterocycles. The lowest BCUT2D eigenvalue weighted by atomic mass is 9.47. The molecule has 0 spiro atoms. The summed E-state index contributed by atoms with van der Waals surface area (Å²) in [6, 6.07) is 0. The SMILES string of the molecule is CC(N)(CC12CC3CC(CC(C3)C1)C2)C(=O)O. The molecule has 4 aliphatic rings. The third-order valence-corrected chi connectivity index (χ3v) is 5.40. The van der Waals surface area contributed by atoms with Gasteiger partial charge in [0.05, 0.1) is 0 Å². The molecular weight excluding hydrogens is 214 g/mol. The van der Waals surface area contributed by atoms with Gasteiger partial charge in [0.1, 0.15) is 5.54 Å². The normalized spacial score (nSPS) is 46.8. The lowest BCUT2D eigenvalue weighted by molar-refractivity contribution is -0.146. The van der Waals surface area contributed by atoms with E-state index < -0.39 is 11.5 Å². The van der Waals surface area contributed by atoms with Crippen LogP contribution in [0.3, 0.4) is 0 Å². The largest absolute Gasteiger partial charge is 0.480 e. The van der Waals surface area contributed by atoms with Gasteiger partial charge in [0.15, 0.2) is 0 Å². The summed E-state index contributed by atoms with van der Waals surface area (Å²) in [5.74, 6) is 1.76. The number of rotatable bonds is 3. The summed E-state index contributed by atoms with van der Waals surface area (Å²) in [5, 5.41) is 9.22. The summed E-state index contributed by atoms with van der Waals surface area (Å²) in [4.78, 5) is 11.2. The maximum absolute atomic E-state index is 11.2. The molecule has 4 fully saturated rings. The Balaban J connectivity index is 1.80. The summed E-state index contributed by atoms with van der Waals surface area (Å²) in [6.07, 6.45) is 8.57. The van der Waals surface area contributed by atoms with Crippen LogP contribution in [0.5, 0.6) is 0 Å². The molecule has 4 saturated carbocycles. The fourth-order valence-corrected chi connectivity index (χ4v) is 5.36. The molecule has 96 valence electrons. The van der Waals surface area contributed by atoms with Crippen molar-refractivity contribution in [2.75, 3.05) is 0 Å². The molecule has 0 aliphatic heterocycles. The van der Waals surface area contributed by atoms with Crippen LogP contribution in [-0.4, -0.2) is 16.6 Å². The van der Waals surface area contributed by atoms with Crippen LogP contribution in [0.1, 0.15) is 51.9 Å². The van der Waals surface area contributed by atoms with Crippen molar-refractivity contribution >= 4 is 5.97 Å². The first-order valence-electron chi connectivity index (χ1n) is 6.91. The van der Waals surface area contributed by atoms with Crippen LogP contribution in [0.15, 0.2) is 0 Å². The molecule has 3 nitrogen and oxygen atoms in total. The fourth-order valence-electron chi connectivity index (χ4n) is 5.36. The van der Waals surface area contributed by atoms with Crippen molar-refractivity contribution in [3.63, 3.8) is 0 Å². The van der Waals surface area contributed by atoms with Gasteiger partial charge in [-0.15, -0.1) is 0 Å². The summed E-state index contributed by atoms with van der Waals surface area (Å²) in [6.45, 7) is 1.69. The number of carboxylic acids is 1. The second kappa shape index (κ2) is 3.47. The van der Waals surface area contributed by atoms with Gasteiger partial charge in [-0.25, -0.2) is 0 Å². The van der Waals surface area contributed by atoms with Gasteiger partial charge >= 0.3 is 5.97 Å². The van der Waals surface area contributed by atoms with Crippen molar-refractivity contribution in [2.24, 2.45) is 28.9 Å². The summed E-state index contributed by atoms with van der Waals surface area (Å²) < 4.78 is 0. The highest BCUT2D eigenvalue weighted by atomic mass is 16.4. The maximum atomic E-state index is 11.2. The number of hydrogen-bond acceptors (Lipinski definition) is 2. The molecule has 0 heterocycles. The highest BCUT2D eigenvalue weighted by Crippen LogP contribution is 2.62. The van der Waals surface area contributed by atoms with Crippen molar-refractivity contribution < 1.29 is 9.90 Å². The summed E-state index contributed by atoms with van der Waals surface area (Å²) >= 11 is 0. The van der Waals surface area contributed by atoms with Crippen LogP contribution in [0, 0.1) is 23.2 Å². The first-order valence-corrected chi connectivity index (χ1v) is 6.91. The Morgan fingerprint density at radius 2 is 1.65 bits per heavy atom. The van der Waals surface area contributed by atoms with Gasteiger partial charge in [-0.1, -0.05) is 0 Å². The molecular formula is C14H23NO2. The van der Waals surface area contributed by atoms with E-state index in [4.69, 9.17) is 5.73 Å². The molecule has 4 rings (SSSR count). The van der Waals surface area contributed by atoms with E-state index in [1.807, 2.05) is 0 Å². The van der Waals surface area contributed by atoms with Gasteiger partial charge < -0.3 is 10.8 Å². The topological polar surface area (TPSA) is 63.3 Å². The van der Waals surface area contributed by atoms with Gasteiger partial charge in [0.25, 0.3) is 0 Å². The molecule has 0 aromatic heterocycles. The van der Waals surface area contributed by atoms with E-state index in [1.165, 1.54) is 38.5 Å². The van der Waals surface area contributed by atoms with Crippen molar-refractivity contribution in [3.05, 3.63) is 0 Å². The van der Waals surface area contributed by atoms with Gasteiger partial charge in [0, 0.05) is 0 Å². The Kier molecular flexibility index (Phi) is 2.35. The minimum Gasteiger partial charge on any atom is -0.480 e. The zero-order valence-electron chi connectivity index (χ0n) is 10.6. The van der Waals surface area contributed by atoms with Crippen LogP contribution in [0.4, 0.5) is 0 Å². The Bertz CT molecular complexity index is 313. The fraction of sp³-hybridized carbons (Fsp3) is 0.929. The van der Waals surface area contributed by atoms with Gasteiger partial charge in [-0.3, -0.25) is 4.79 Å². The molecule has 0 amide bonds. The number of aliphatic carboxylic acids is 1. The number of carbonyl (C=O) groups is 1. The molecule has 3 heteroatoms. The molecule has 4 bridgehead atoms. The molecule has 1 atom stereocenters. The predicted molar refractivity (Wildman–Crippen MR) is 65.5 cm³/mol. The molecule has 0 aromatic rings. The maximum Gasteiger partial charge on any atom is 0.323 e. The summed E-state index contributed by atoms with van der Waals surface area (Å²) in [5.41, 5.74) is 5.21. The Morgan fingerprint density at radius 3 is 2.00 bits per heavy atom. The lowest BCUT2D eigenvalue weighted by Crippen LogP contribution is -2.54. The van der Waals surface area contributed by atoms with Gasteiger partial charge in [-0.2, -0.15) is 0 Å². The van der Waals surface area contributed by atoms with E-state index in [9.17, 15) is 9.90 Å². The minimum absolute atomic E-state index is 0.261. The number of hydrogen-bond donors (Lipinski definition) is 2. The second-order valence-corrected chi connectivity index (χ2v) is 7.32. The van der Waals surface area contributed by atoms with E-state index in [0.717, 1.165) is 17.8 Å². The zero-order valence-corrected chi connectivity index (χ0v) is 10.6. The molecule has 0 aromatic carbocycles. The quantitative estimate of drug-likeness (QED) is 0.792. The third kappa shape index (κ3) is 1.88. The van der Waals surface area contributed by atoms with E-state index in [1.54, 1.807) is 6.92 Å². The molecule has 3 N–H and O–H groups in total. The second-order valence-electron chi connectivity index (χ2n) is 7.32.